The van der Waals surface area contributed by atoms with Gasteiger partial charge in [-0.05, 0) is 46.3 Å². The fourth-order valence-electron chi connectivity index (χ4n) is 4.40. The molecule has 2 aromatic rings. The van der Waals surface area contributed by atoms with Gasteiger partial charge in [-0.15, -0.1) is 0 Å². The Balaban J connectivity index is 1.77. The number of amides is 1. The zero-order valence-corrected chi connectivity index (χ0v) is 17.5. The summed E-state index contributed by atoms with van der Waals surface area (Å²) in [7, 11) is 0. The molecule has 4 nitrogen and oxygen atoms in total. The second-order valence-corrected chi connectivity index (χ2v) is 9.02. The second kappa shape index (κ2) is 7.01. The summed E-state index contributed by atoms with van der Waals surface area (Å²) in [5.74, 6) is 0.640. The molecule has 0 heterocycles. The van der Waals surface area contributed by atoms with Crippen LogP contribution in [0.4, 0.5) is 0 Å². The SMILES string of the molecule is CC1(C)C(NC(=O)c2ccccc2)C(C)(C)C1Oc1ccc(C#N)c(Br)c1. The molecule has 0 radical (unpaired) electrons. The third kappa shape index (κ3) is 3.46. The highest BCUT2D eigenvalue weighted by molar-refractivity contribution is 9.10. The monoisotopic (exact) mass is 426 g/mol. The number of halogens is 1. The lowest BCUT2D eigenvalue weighted by Gasteiger charge is -2.63. The van der Waals surface area contributed by atoms with Crippen LogP contribution in [0, 0.1) is 22.2 Å². The van der Waals surface area contributed by atoms with Gasteiger partial charge in [0, 0.05) is 26.9 Å². The van der Waals surface area contributed by atoms with Crippen LogP contribution in [0.5, 0.6) is 5.75 Å². The van der Waals surface area contributed by atoms with Gasteiger partial charge in [0.1, 0.15) is 17.9 Å². The van der Waals surface area contributed by atoms with Crippen molar-refractivity contribution >= 4 is 21.8 Å². The Morgan fingerprint density at radius 2 is 1.74 bits per heavy atom. The van der Waals surface area contributed by atoms with E-state index in [0.29, 0.717) is 21.3 Å². The molecule has 1 fully saturated rings. The lowest BCUT2D eigenvalue weighted by atomic mass is 9.49. The van der Waals surface area contributed by atoms with E-state index in [4.69, 9.17) is 10.00 Å². The predicted octanol–water partition coefficient (Wildman–Crippen LogP) is 4.93. The summed E-state index contributed by atoms with van der Waals surface area (Å²) in [6, 6.07) is 16.7. The van der Waals surface area contributed by atoms with E-state index in [1.807, 2.05) is 42.5 Å². The van der Waals surface area contributed by atoms with Crippen LogP contribution in [0.15, 0.2) is 53.0 Å². The van der Waals surface area contributed by atoms with Gasteiger partial charge in [-0.2, -0.15) is 5.26 Å². The van der Waals surface area contributed by atoms with Crippen LogP contribution < -0.4 is 10.1 Å². The Bertz CT molecular complexity index is 884. The molecule has 0 atom stereocenters. The van der Waals surface area contributed by atoms with Crippen LogP contribution in [0.3, 0.4) is 0 Å². The first kappa shape index (κ1) is 19.4. The maximum Gasteiger partial charge on any atom is 0.251 e. The molecule has 0 aliphatic heterocycles. The molecule has 1 aliphatic rings. The van der Waals surface area contributed by atoms with Gasteiger partial charge in [0.2, 0.25) is 0 Å². The first-order chi connectivity index (χ1) is 12.7. The molecule has 2 aromatic carbocycles. The van der Waals surface area contributed by atoms with Gasteiger partial charge in [-0.1, -0.05) is 45.9 Å². The van der Waals surface area contributed by atoms with Crippen LogP contribution in [0.2, 0.25) is 0 Å². The maximum atomic E-state index is 12.6. The molecule has 0 bridgehead atoms. The zero-order valence-electron chi connectivity index (χ0n) is 15.9. The quantitative estimate of drug-likeness (QED) is 0.753. The molecule has 1 saturated carbocycles. The summed E-state index contributed by atoms with van der Waals surface area (Å²) < 4.78 is 7.00. The van der Waals surface area contributed by atoms with Crippen molar-refractivity contribution in [1.82, 2.24) is 5.32 Å². The highest BCUT2D eigenvalue weighted by atomic mass is 79.9. The topological polar surface area (TPSA) is 62.1 Å². The van der Waals surface area contributed by atoms with Gasteiger partial charge in [0.05, 0.1) is 5.56 Å². The minimum Gasteiger partial charge on any atom is -0.489 e. The van der Waals surface area contributed by atoms with E-state index in [0.717, 1.165) is 0 Å². The highest BCUT2D eigenvalue weighted by Gasteiger charge is 2.64. The van der Waals surface area contributed by atoms with Gasteiger partial charge in [0.25, 0.3) is 5.91 Å². The molecule has 5 heteroatoms. The normalized spacial score (nSPS) is 22.2. The molecule has 140 valence electrons. The van der Waals surface area contributed by atoms with Crippen LogP contribution >= 0.6 is 15.9 Å². The average Bonchev–Trinajstić information content (AvgIpc) is 2.64. The van der Waals surface area contributed by atoms with Crippen molar-refractivity contribution < 1.29 is 9.53 Å². The number of nitrogens with one attached hydrogen (secondary N) is 1. The molecule has 0 spiro atoms. The van der Waals surface area contributed by atoms with Gasteiger partial charge in [-0.3, -0.25) is 4.79 Å². The number of ether oxygens (including phenoxy) is 1. The summed E-state index contributed by atoms with van der Waals surface area (Å²) in [6.07, 6.45) is -0.0779. The molecule has 0 unspecified atom stereocenters. The van der Waals surface area contributed by atoms with Crippen molar-refractivity contribution in [3.63, 3.8) is 0 Å². The number of carbonyl (C=O) groups excluding carboxylic acids is 1. The second-order valence-electron chi connectivity index (χ2n) is 8.17. The Kier molecular flexibility index (Phi) is 5.05. The van der Waals surface area contributed by atoms with Gasteiger partial charge in [-0.25, -0.2) is 0 Å². The molecular formula is C22H23BrN2O2. The van der Waals surface area contributed by atoms with Crippen molar-refractivity contribution in [2.24, 2.45) is 10.8 Å². The van der Waals surface area contributed by atoms with Crippen LogP contribution in [0.1, 0.15) is 43.6 Å². The van der Waals surface area contributed by atoms with Crippen molar-refractivity contribution in [1.29, 1.82) is 5.26 Å². The molecule has 3 rings (SSSR count). The Morgan fingerprint density at radius 1 is 1.11 bits per heavy atom. The fourth-order valence-corrected chi connectivity index (χ4v) is 4.85. The van der Waals surface area contributed by atoms with Gasteiger partial charge < -0.3 is 10.1 Å². The largest absolute Gasteiger partial charge is 0.489 e. The van der Waals surface area contributed by atoms with Gasteiger partial charge >= 0.3 is 0 Å². The van der Waals surface area contributed by atoms with Crippen LogP contribution in [-0.2, 0) is 0 Å². The van der Waals surface area contributed by atoms with Crippen LogP contribution in [0.25, 0.3) is 0 Å². The first-order valence-corrected chi connectivity index (χ1v) is 9.69. The first-order valence-electron chi connectivity index (χ1n) is 8.90. The van der Waals surface area contributed by atoms with E-state index in [2.05, 4.69) is 55.0 Å². The number of nitrogens with zero attached hydrogens (tertiary/aromatic N) is 1. The number of nitriles is 1. The Labute approximate surface area is 168 Å². The van der Waals surface area contributed by atoms with Gasteiger partial charge in [0.15, 0.2) is 0 Å². The number of hydrogen-bond acceptors (Lipinski definition) is 3. The lowest BCUT2D eigenvalue weighted by Crippen LogP contribution is -2.74. The Hall–Kier alpha value is -2.32. The molecule has 1 amide bonds. The summed E-state index contributed by atoms with van der Waals surface area (Å²) in [5, 5.41) is 12.3. The summed E-state index contributed by atoms with van der Waals surface area (Å²) in [5.41, 5.74) is 0.745. The van der Waals surface area contributed by atoms with E-state index in [1.165, 1.54) is 0 Å². The zero-order chi connectivity index (χ0) is 19.8. The smallest absolute Gasteiger partial charge is 0.251 e. The molecule has 27 heavy (non-hydrogen) atoms. The molecule has 0 aromatic heterocycles. The summed E-state index contributed by atoms with van der Waals surface area (Å²) in [4.78, 5) is 12.6. The summed E-state index contributed by atoms with van der Waals surface area (Å²) in [6.45, 7) is 8.43. The van der Waals surface area contributed by atoms with Crippen molar-refractivity contribution in [2.45, 2.75) is 39.8 Å². The fraction of sp³-hybridized carbons (Fsp3) is 0.364. The summed E-state index contributed by atoms with van der Waals surface area (Å²) >= 11 is 3.41. The number of rotatable bonds is 4. The maximum absolute atomic E-state index is 12.6. The lowest BCUT2D eigenvalue weighted by molar-refractivity contribution is -0.164. The third-order valence-electron chi connectivity index (χ3n) is 5.47. The Morgan fingerprint density at radius 3 is 2.30 bits per heavy atom. The molecular weight excluding hydrogens is 404 g/mol. The molecule has 0 saturated heterocycles. The minimum absolute atomic E-state index is 0.0236. The van der Waals surface area contributed by atoms with Crippen molar-refractivity contribution in [2.75, 3.05) is 0 Å². The number of benzene rings is 2. The standard InChI is InChI=1S/C22H23BrN2O2/c1-21(2)19(25-18(26)14-8-6-5-7-9-14)22(3,4)20(21)27-16-11-10-15(13-24)17(23)12-16/h5-12,19-20H,1-4H3,(H,25,26). The number of hydrogen-bond donors (Lipinski definition) is 1. The third-order valence-corrected chi connectivity index (χ3v) is 6.12. The van der Waals surface area contributed by atoms with Crippen molar-refractivity contribution in [3.05, 3.63) is 64.1 Å². The van der Waals surface area contributed by atoms with E-state index >= 15 is 0 Å². The predicted molar refractivity (Wildman–Crippen MR) is 109 cm³/mol. The van der Waals surface area contributed by atoms with E-state index in [1.54, 1.807) is 6.07 Å². The molecule has 1 N–H and O–H groups in total. The number of carbonyl (C=O) groups is 1. The minimum atomic E-state index is -0.242. The van der Waals surface area contributed by atoms with E-state index in [9.17, 15) is 4.79 Å². The average molecular weight is 427 g/mol. The van der Waals surface area contributed by atoms with E-state index in [-0.39, 0.29) is 28.9 Å². The van der Waals surface area contributed by atoms with Crippen LogP contribution in [-0.4, -0.2) is 18.1 Å². The van der Waals surface area contributed by atoms with E-state index < -0.39 is 0 Å². The molecule has 1 aliphatic carbocycles. The van der Waals surface area contributed by atoms with Crippen molar-refractivity contribution in [3.8, 4) is 11.8 Å². The highest BCUT2D eigenvalue weighted by Crippen LogP contribution is 2.55.